The molecule has 28 heavy (non-hydrogen) atoms. The first-order valence-electron chi connectivity index (χ1n) is 9.92. The van der Waals surface area contributed by atoms with E-state index >= 15 is 0 Å². The van der Waals surface area contributed by atoms with Gasteiger partial charge in [0, 0.05) is 39.1 Å². The van der Waals surface area contributed by atoms with Crippen LogP contribution in [0, 0.1) is 11.8 Å². The Hall–Kier alpha value is -1.41. The molecule has 2 aliphatic rings. The maximum absolute atomic E-state index is 12.7. The molecule has 0 spiro atoms. The standard InChI is InChI=1S/C20H28BrN3O3S/c1-14-5-9-24(10-6-14)19(26)15-7-11-23(12-8-15)18(25)13-22(2)20(27)16-3-4-17(21)28-16/h3-4,14-15H,5-13H2,1-2H3. The molecule has 6 nitrogen and oxygen atoms in total. The van der Waals surface area contributed by atoms with Crippen LogP contribution in [0.1, 0.15) is 42.3 Å². The molecule has 2 saturated heterocycles. The van der Waals surface area contributed by atoms with Crippen LogP contribution in [-0.2, 0) is 9.59 Å². The summed E-state index contributed by atoms with van der Waals surface area (Å²) >= 11 is 4.72. The molecule has 0 aromatic carbocycles. The Labute approximate surface area is 179 Å². The van der Waals surface area contributed by atoms with E-state index in [0.29, 0.717) is 36.7 Å². The number of carbonyl (C=O) groups excluding carboxylic acids is 3. The van der Waals surface area contributed by atoms with Gasteiger partial charge in [-0.1, -0.05) is 6.92 Å². The number of piperidine rings is 2. The fourth-order valence-corrected chi connectivity index (χ4v) is 5.24. The molecular weight excluding hydrogens is 442 g/mol. The molecule has 3 heterocycles. The molecule has 0 bridgehead atoms. The lowest BCUT2D eigenvalue weighted by molar-refractivity contribution is -0.141. The highest BCUT2D eigenvalue weighted by molar-refractivity contribution is 9.11. The Morgan fingerprint density at radius 3 is 2.25 bits per heavy atom. The molecule has 8 heteroatoms. The van der Waals surface area contributed by atoms with E-state index in [9.17, 15) is 14.4 Å². The van der Waals surface area contributed by atoms with Gasteiger partial charge in [-0.3, -0.25) is 14.4 Å². The molecule has 2 fully saturated rings. The van der Waals surface area contributed by atoms with Gasteiger partial charge in [0.15, 0.2) is 0 Å². The highest BCUT2D eigenvalue weighted by Gasteiger charge is 2.32. The fraction of sp³-hybridized carbons (Fsp3) is 0.650. The summed E-state index contributed by atoms with van der Waals surface area (Å²) in [5, 5.41) is 0. The number of thiophene rings is 1. The maximum atomic E-state index is 12.7. The molecule has 0 saturated carbocycles. The normalized spacial score (nSPS) is 19.0. The van der Waals surface area contributed by atoms with Crippen molar-refractivity contribution in [2.75, 3.05) is 39.8 Å². The minimum absolute atomic E-state index is 0.0280. The second-order valence-corrected chi connectivity index (χ2v) is 10.4. The van der Waals surface area contributed by atoms with Crippen molar-refractivity contribution < 1.29 is 14.4 Å². The summed E-state index contributed by atoms with van der Waals surface area (Å²) in [5.74, 6) is 0.797. The summed E-state index contributed by atoms with van der Waals surface area (Å²) in [6, 6.07) is 3.59. The Morgan fingerprint density at radius 2 is 1.68 bits per heavy atom. The molecule has 0 unspecified atom stereocenters. The van der Waals surface area contributed by atoms with Crippen LogP contribution in [0.25, 0.3) is 0 Å². The molecule has 0 atom stereocenters. The smallest absolute Gasteiger partial charge is 0.264 e. The number of hydrogen-bond acceptors (Lipinski definition) is 4. The average molecular weight is 470 g/mol. The molecule has 2 aliphatic heterocycles. The van der Waals surface area contributed by atoms with E-state index in [1.807, 2.05) is 11.0 Å². The van der Waals surface area contributed by atoms with Crippen LogP contribution in [0.4, 0.5) is 0 Å². The van der Waals surface area contributed by atoms with Gasteiger partial charge in [0.05, 0.1) is 15.2 Å². The van der Waals surface area contributed by atoms with Gasteiger partial charge < -0.3 is 14.7 Å². The number of nitrogens with zero attached hydrogens (tertiary/aromatic N) is 3. The molecule has 1 aromatic heterocycles. The highest BCUT2D eigenvalue weighted by atomic mass is 79.9. The minimum atomic E-state index is -0.145. The number of hydrogen-bond donors (Lipinski definition) is 0. The topological polar surface area (TPSA) is 60.9 Å². The lowest BCUT2D eigenvalue weighted by atomic mass is 9.92. The van der Waals surface area contributed by atoms with Crippen molar-refractivity contribution in [3.8, 4) is 0 Å². The van der Waals surface area contributed by atoms with Gasteiger partial charge in [-0.15, -0.1) is 11.3 Å². The van der Waals surface area contributed by atoms with E-state index in [4.69, 9.17) is 0 Å². The first-order chi connectivity index (χ1) is 13.3. The molecular formula is C20H28BrN3O3S. The van der Waals surface area contributed by atoms with Crippen molar-refractivity contribution in [2.24, 2.45) is 11.8 Å². The average Bonchev–Trinajstić information content (AvgIpc) is 3.13. The van der Waals surface area contributed by atoms with Crippen LogP contribution in [-0.4, -0.2) is 72.2 Å². The van der Waals surface area contributed by atoms with E-state index in [-0.39, 0.29) is 30.2 Å². The molecule has 1 aromatic rings. The zero-order valence-electron chi connectivity index (χ0n) is 16.5. The van der Waals surface area contributed by atoms with E-state index in [1.165, 1.54) is 16.2 Å². The van der Waals surface area contributed by atoms with Gasteiger partial charge in [-0.2, -0.15) is 0 Å². The van der Waals surface area contributed by atoms with Crippen molar-refractivity contribution in [3.63, 3.8) is 0 Å². The number of carbonyl (C=O) groups is 3. The predicted octanol–water partition coefficient (Wildman–Crippen LogP) is 3.08. The first-order valence-corrected chi connectivity index (χ1v) is 11.5. The Morgan fingerprint density at radius 1 is 1.07 bits per heavy atom. The Kier molecular flexibility index (Phi) is 7.15. The van der Waals surface area contributed by atoms with Gasteiger partial charge in [0.25, 0.3) is 5.91 Å². The third-order valence-corrected chi connectivity index (χ3v) is 7.41. The number of likely N-dealkylation sites (tertiary alicyclic amines) is 2. The largest absolute Gasteiger partial charge is 0.342 e. The molecule has 0 radical (unpaired) electrons. The second-order valence-electron chi connectivity index (χ2n) is 7.93. The van der Waals surface area contributed by atoms with Gasteiger partial charge in [-0.25, -0.2) is 0 Å². The number of amides is 3. The number of likely N-dealkylation sites (N-methyl/N-ethyl adjacent to an activating group) is 1. The van der Waals surface area contributed by atoms with E-state index in [1.54, 1.807) is 18.0 Å². The molecule has 154 valence electrons. The van der Waals surface area contributed by atoms with Crippen molar-refractivity contribution in [3.05, 3.63) is 20.8 Å². The van der Waals surface area contributed by atoms with Crippen molar-refractivity contribution in [1.29, 1.82) is 0 Å². The van der Waals surface area contributed by atoms with E-state index < -0.39 is 0 Å². The lowest BCUT2D eigenvalue weighted by Crippen LogP contribution is -2.48. The van der Waals surface area contributed by atoms with Crippen molar-refractivity contribution >= 4 is 45.0 Å². The zero-order chi connectivity index (χ0) is 20.3. The van der Waals surface area contributed by atoms with E-state index in [2.05, 4.69) is 22.9 Å². The van der Waals surface area contributed by atoms with Crippen LogP contribution < -0.4 is 0 Å². The zero-order valence-corrected chi connectivity index (χ0v) is 18.9. The first kappa shape index (κ1) is 21.3. The Balaban J connectivity index is 1.45. The third-order valence-electron chi connectivity index (χ3n) is 5.80. The monoisotopic (exact) mass is 469 g/mol. The number of rotatable bonds is 4. The van der Waals surface area contributed by atoms with Crippen LogP contribution in [0.3, 0.4) is 0 Å². The SMILES string of the molecule is CC1CCN(C(=O)C2CCN(C(=O)CN(C)C(=O)c3ccc(Br)s3)CC2)CC1. The van der Waals surface area contributed by atoms with E-state index in [0.717, 1.165) is 29.7 Å². The van der Waals surface area contributed by atoms with Gasteiger partial charge in [-0.05, 0) is 59.7 Å². The summed E-state index contributed by atoms with van der Waals surface area (Å²) in [6.45, 7) is 5.22. The molecule has 0 N–H and O–H groups in total. The van der Waals surface area contributed by atoms with Crippen LogP contribution in [0.15, 0.2) is 15.9 Å². The molecule has 3 amide bonds. The number of halogens is 1. The Bertz CT molecular complexity index is 722. The van der Waals surface area contributed by atoms with Gasteiger partial charge in [0.1, 0.15) is 0 Å². The van der Waals surface area contributed by atoms with Gasteiger partial charge >= 0.3 is 0 Å². The quantitative estimate of drug-likeness (QED) is 0.680. The molecule has 3 rings (SSSR count). The minimum Gasteiger partial charge on any atom is -0.342 e. The summed E-state index contributed by atoms with van der Waals surface area (Å²) in [5.41, 5.74) is 0. The highest BCUT2D eigenvalue weighted by Crippen LogP contribution is 2.25. The summed E-state index contributed by atoms with van der Waals surface area (Å²) in [6.07, 6.45) is 3.60. The molecule has 0 aliphatic carbocycles. The van der Waals surface area contributed by atoms with Crippen LogP contribution >= 0.6 is 27.3 Å². The fourth-order valence-electron chi connectivity index (χ4n) is 3.86. The maximum Gasteiger partial charge on any atom is 0.264 e. The lowest BCUT2D eigenvalue weighted by Gasteiger charge is -2.37. The van der Waals surface area contributed by atoms with Gasteiger partial charge in [0.2, 0.25) is 11.8 Å². The van der Waals surface area contributed by atoms with Crippen LogP contribution in [0.2, 0.25) is 0 Å². The van der Waals surface area contributed by atoms with Crippen molar-refractivity contribution in [1.82, 2.24) is 14.7 Å². The van der Waals surface area contributed by atoms with Crippen molar-refractivity contribution in [2.45, 2.75) is 32.6 Å². The van der Waals surface area contributed by atoms with Crippen LogP contribution in [0.5, 0.6) is 0 Å². The second kappa shape index (κ2) is 9.39. The third kappa shape index (κ3) is 5.14. The summed E-state index contributed by atoms with van der Waals surface area (Å²) < 4.78 is 0.894. The predicted molar refractivity (Wildman–Crippen MR) is 113 cm³/mol. The summed E-state index contributed by atoms with van der Waals surface area (Å²) in [4.78, 5) is 43.6. The summed E-state index contributed by atoms with van der Waals surface area (Å²) in [7, 11) is 1.65.